The monoisotopic (exact) mass is 382 g/mol. The number of amides is 2. The second-order valence-corrected chi connectivity index (χ2v) is 7.88. The highest BCUT2D eigenvalue weighted by Gasteiger charge is 2.21. The Labute approximate surface area is 158 Å². The van der Waals surface area contributed by atoms with Gasteiger partial charge in [0.15, 0.2) is 0 Å². The molecule has 0 bridgehead atoms. The minimum Gasteiger partial charge on any atom is -0.350 e. The summed E-state index contributed by atoms with van der Waals surface area (Å²) in [7, 11) is 0. The summed E-state index contributed by atoms with van der Waals surface area (Å²) in [6.45, 7) is 9.10. The molecule has 0 radical (unpaired) electrons. The van der Waals surface area contributed by atoms with E-state index in [-0.39, 0.29) is 29.6 Å². The lowest BCUT2D eigenvalue weighted by Gasteiger charge is -2.25. The number of nitrogens with one attached hydrogen (secondary N) is 2. The van der Waals surface area contributed by atoms with Crippen LogP contribution in [0.15, 0.2) is 18.2 Å². The van der Waals surface area contributed by atoms with E-state index in [9.17, 15) is 18.4 Å². The number of carbonyl (C=O) groups is 2. The van der Waals surface area contributed by atoms with Gasteiger partial charge >= 0.3 is 0 Å². The van der Waals surface area contributed by atoms with Crippen molar-refractivity contribution in [3.63, 3.8) is 0 Å². The Morgan fingerprint density at radius 1 is 1.00 bits per heavy atom. The lowest BCUT2D eigenvalue weighted by atomic mass is 10.1. The summed E-state index contributed by atoms with van der Waals surface area (Å²) in [4.78, 5) is 28.3. The molecule has 0 aliphatic carbocycles. The molecule has 1 saturated heterocycles. The number of anilines is 1. The Morgan fingerprint density at radius 3 is 2.15 bits per heavy atom. The Hall–Kier alpha value is -2.06. The lowest BCUT2D eigenvalue weighted by molar-refractivity contribution is -0.123. The van der Waals surface area contributed by atoms with E-state index in [1.807, 2.05) is 25.7 Å². The standard InChI is InChI=1S/C19H28F2N4O2/c1-19(2,3)23-18(27)13-25-8-4-7-24(9-10-25)12-17(26)22-16-6-5-14(20)11-15(16)21/h5-6,11H,4,7-10,12-13H2,1-3H3,(H,22,26)(H,23,27). The van der Waals surface area contributed by atoms with Gasteiger partial charge in [0.05, 0.1) is 18.8 Å². The van der Waals surface area contributed by atoms with E-state index in [0.29, 0.717) is 19.6 Å². The fourth-order valence-electron chi connectivity index (χ4n) is 2.99. The molecule has 1 aromatic rings. The van der Waals surface area contributed by atoms with Gasteiger partial charge in [-0.3, -0.25) is 19.4 Å². The highest BCUT2D eigenvalue weighted by atomic mass is 19.1. The highest BCUT2D eigenvalue weighted by molar-refractivity contribution is 5.92. The van der Waals surface area contributed by atoms with E-state index < -0.39 is 11.6 Å². The third-order valence-corrected chi connectivity index (χ3v) is 4.14. The molecule has 150 valence electrons. The minimum atomic E-state index is -0.796. The van der Waals surface area contributed by atoms with Gasteiger partial charge in [-0.25, -0.2) is 8.78 Å². The average molecular weight is 382 g/mol. The zero-order valence-electron chi connectivity index (χ0n) is 16.1. The van der Waals surface area contributed by atoms with Crippen LogP contribution in [0.3, 0.4) is 0 Å². The van der Waals surface area contributed by atoms with Crippen LogP contribution in [-0.2, 0) is 9.59 Å². The SMILES string of the molecule is CC(C)(C)NC(=O)CN1CCCN(CC(=O)Nc2ccc(F)cc2F)CC1. The predicted octanol–water partition coefficient (Wildman–Crippen LogP) is 1.83. The molecular formula is C19H28F2N4O2. The predicted molar refractivity (Wildman–Crippen MR) is 100 cm³/mol. The third-order valence-electron chi connectivity index (χ3n) is 4.14. The van der Waals surface area contributed by atoms with Crippen molar-refractivity contribution in [2.45, 2.75) is 32.7 Å². The number of benzene rings is 1. The van der Waals surface area contributed by atoms with Gasteiger partial charge in [-0.1, -0.05) is 0 Å². The van der Waals surface area contributed by atoms with Gasteiger partial charge in [0.25, 0.3) is 0 Å². The molecule has 2 amide bonds. The number of nitrogens with zero attached hydrogens (tertiary/aromatic N) is 2. The molecule has 8 heteroatoms. The molecule has 0 aromatic heterocycles. The maximum atomic E-state index is 13.6. The molecule has 27 heavy (non-hydrogen) atoms. The van der Waals surface area contributed by atoms with E-state index in [1.165, 1.54) is 6.07 Å². The molecule has 2 N–H and O–H groups in total. The molecule has 1 fully saturated rings. The topological polar surface area (TPSA) is 64.7 Å². The van der Waals surface area contributed by atoms with E-state index in [0.717, 1.165) is 31.6 Å². The summed E-state index contributed by atoms with van der Waals surface area (Å²) in [6, 6.07) is 3.05. The molecule has 2 rings (SSSR count). The van der Waals surface area contributed by atoms with Crippen molar-refractivity contribution in [1.82, 2.24) is 15.1 Å². The molecule has 1 heterocycles. The van der Waals surface area contributed by atoms with Crippen molar-refractivity contribution in [3.05, 3.63) is 29.8 Å². The maximum absolute atomic E-state index is 13.6. The number of hydrogen-bond donors (Lipinski definition) is 2. The number of halogens is 2. The molecule has 1 aromatic carbocycles. The van der Waals surface area contributed by atoms with E-state index in [2.05, 4.69) is 15.5 Å². The van der Waals surface area contributed by atoms with E-state index >= 15 is 0 Å². The molecule has 1 aliphatic heterocycles. The first-order chi connectivity index (χ1) is 12.6. The highest BCUT2D eigenvalue weighted by Crippen LogP contribution is 2.15. The van der Waals surface area contributed by atoms with Crippen LogP contribution in [0.4, 0.5) is 14.5 Å². The van der Waals surface area contributed by atoms with Gasteiger partial charge in [-0.05, 0) is 52.4 Å². The van der Waals surface area contributed by atoms with Crippen LogP contribution >= 0.6 is 0 Å². The molecule has 1 aliphatic rings. The van der Waals surface area contributed by atoms with Crippen molar-refractivity contribution < 1.29 is 18.4 Å². The van der Waals surface area contributed by atoms with E-state index in [1.54, 1.807) is 0 Å². The molecule has 0 unspecified atom stereocenters. The summed E-state index contributed by atoms with van der Waals surface area (Å²) in [5.41, 5.74) is -0.292. The van der Waals surface area contributed by atoms with Crippen molar-refractivity contribution in [3.8, 4) is 0 Å². The first kappa shape index (κ1) is 21.2. The van der Waals surface area contributed by atoms with Gasteiger partial charge in [0.1, 0.15) is 11.6 Å². The van der Waals surface area contributed by atoms with Crippen molar-refractivity contribution in [1.29, 1.82) is 0 Å². The second kappa shape index (κ2) is 9.23. The van der Waals surface area contributed by atoms with Crippen molar-refractivity contribution in [2.75, 3.05) is 44.6 Å². The third kappa shape index (κ3) is 7.60. The van der Waals surface area contributed by atoms with Crippen LogP contribution < -0.4 is 10.6 Å². The second-order valence-electron chi connectivity index (χ2n) is 7.88. The molecule has 0 saturated carbocycles. The summed E-state index contributed by atoms with van der Waals surface area (Å²) in [6.07, 6.45) is 0.834. The normalized spacial score (nSPS) is 16.6. The summed E-state index contributed by atoms with van der Waals surface area (Å²) < 4.78 is 26.6. The molecule has 0 spiro atoms. The zero-order chi connectivity index (χ0) is 20.0. The van der Waals surface area contributed by atoms with Gasteiger partial charge in [0, 0.05) is 24.7 Å². The quantitative estimate of drug-likeness (QED) is 0.816. The summed E-state index contributed by atoms with van der Waals surface area (Å²) in [5, 5.41) is 5.42. The Balaban J connectivity index is 1.80. The number of rotatable bonds is 5. The van der Waals surface area contributed by atoms with Gasteiger partial charge in [-0.2, -0.15) is 0 Å². The molecule has 0 atom stereocenters. The average Bonchev–Trinajstić information content (AvgIpc) is 2.73. The van der Waals surface area contributed by atoms with Gasteiger partial charge in [0.2, 0.25) is 11.8 Å². The summed E-state index contributed by atoms with van der Waals surface area (Å²) >= 11 is 0. The van der Waals surface area contributed by atoms with Gasteiger partial charge < -0.3 is 10.6 Å². The fraction of sp³-hybridized carbons (Fsp3) is 0.579. The van der Waals surface area contributed by atoms with Crippen LogP contribution in [-0.4, -0.2) is 66.4 Å². The van der Waals surface area contributed by atoms with Crippen LogP contribution in [0.1, 0.15) is 27.2 Å². The first-order valence-electron chi connectivity index (χ1n) is 9.13. The lowest BCUT2D eigenvalue weighted by Crippen LogP contribution is -2.46. The Kier molecular flexibility index (Phi) is 7.26. The molecular weight excluding hydrogens is 354 g/mol. The molecule has 6 nitrogen and oxygen atoms in total. The van der Waals surface area contributed by atoms with Crippen molar-refractivity contribution >= 4 is 17.5 Å². The summed E-state index contributed by atoms with van der Waals surface area (Å²) in [5.74, 6) is -1.84. The van der Waals surface area contributed by atoms with Crippen molar-refractivity contribution in [2.24, 2.45) is 0 Å². The minimum absolute atomic E-state index is 0.0134. The van der Waals surface area contributed by atoms with Crippen LogP contribution in [0.25, 0.3) is 0 Å². The van der Waals surface area contributed by atoms with Crippen LogP contribution in [0.5, 0.6) is 0 Å². The van der Waals surface area contributed by atoms with E-state index in [4.69, 9.17) is 0 Å². The number of carbonyl (C=O) groups excluding carboxylic acids is 2. The fourth-order valence-corrected chi connectivity index (χ4v) is 2.99. The Bertz CT molecular complexity index is 676. The van der Waals surface area contributed by atoms with Crippen LogP contribution in [0.2, 0.25) is 0 Å². The largest absolute Gasteiger partial charge is 0.350 e. The number of hydrogen-bond acceptors (Lipinski definition) is 4. The maximum Gasteiger partial charge on any atom is 0.238 e. The smallest absolute Gasteiger partial charge is 0.238 e. The Morgan fingerprint density at radius 2 is 1.59 bits per heavy atom. The van der Waals surface area contributed by atoms with Crippen LogP contribution in [0, 0.1) is 11.6 Å². The van der Waals surface area contributed by atoms with Gasteiger partial charge in [-0.15, -0.1) is 0 Å². The zero-order valence-corrected chi connectivity index (χ0v) is 16.1. The first-order valence-corrected chi connectivity index (χ1v) is 9.13.